The van der Waals surface area contributed by atoms with E-state index in [1.54, 1.807) is 6.07 Å². The summed E-state index contributed by atoms with van der Waals surface area (Å²) in [7, 11) is -0.957. The van der Waals surface area contributed by atoms with Crippen molar-refractivity contribution in [2.75, 3.05) is 11.9 Å². The number of ether oxygens (including phenoxy) is 1. The summed E-state index contributed by atoms with van der Waals surface area (Å²) in [5.74, 6) is -0.119. The second-order valence-corrected chi connectivity index (χ2v) is 6.66. The number of benzene rings is 1. The van der Waals surface area contributed by atoms with E-state index in [0.29, 0.717) is 12.3 Å². The highest BCUT2D eigenvalue weighted by Crippen LogP contribution is 2.24. The number of rotatable bonds is 2. The average molecular weight is 303 g/mol. The van der Waals surface area contributed by atoms with Gasteiger partial charge in [0.2, 0.25) is 0 Å². The summed E-state index contributed by atoms with van der Waals surface area (Å²) >= 11 is 0. The van der Waals surface area contributed by atoms with Gasteiger partial charge in [0.1, 0.15) is 6.10 Å². The maximum absolute atomic E-state index is 12.2. The number of anilines is 1. The Morgan fingerprint density at radius 2 is 2.23 bits per heavy atom. The minimum atomic E-state index is -0.957. The normalized spacial score (nSPS) is 23.8. The molecule has 0 aliphatic carbocycles. The Kier molecular flexibility index (Phi) is 4.25. The molecule has 2 aliphatic heterocycles. The quantitative estimate of drug-likeness (QED) is 0.807. The standard InChI is InChI=1S/C16H22BNO4/c1-16(2)10-11-6-7-12(9-13(11)17(20)22-16)18-15(19)14-5-3-4-8-21-14/h6-7,9,14,20H,3-5,8,10H2,1-2H3,(H,18,19). The number of carbonyl (C=O) groups is 1. The van der Waals surface area contributed by atoms with Gasteiger partial charge in [-0.3, -0.25) is 4.79 Å². The van der Waals surface area contributed by atoms with Crippen LogP contribution >= 0.6 is 0 Å². The average Bonchev–Trinajstić information content (AvgIpc) is 2.48. The van der Waals surface area contributed by atoms with Crippen LogP contribution in [0.4, 0.5) is 5.69 Å². The van der Waals surface area contributed by atoms with E-state index in [2.05, 4.69) is 5.32 Å². The lowest BCUT2D eigenvalue weighted by Gasteiger charge is -2.34. The van der Waals surface area contributed by atoms with Gasteiger partial charge < -0.3 is 19.7 Å². The topological polar surface area (TPSA) is 67.8 Å². The maximum Gasteiger partial charge on any atom is 0.491 e. The number of fused-ring (bicyclic) bond motifs is 1. The first-order valence-corrected chi connectivity index (χ1v) is 7.86. The summed E-state index contributed by atoms with van der Waals surface area (Å²) in [6, 6.07) is 5.60. The Hall–Kier alpha value is -1.37. The number of amides is 1. The van der Waals surface area contributed by atoms with Gasteiger partial charge >= 0.3 is 7.12 Å². The third-order valence-corrected chi connectivity index (χ3v) is 4.20. The van der Waals surface area contributed by atoms with Crippen molar-refractivity contribution < 1.29 is 19.2 Å². The van der Waals surface area contributed by atoms with Crippen LogP contribution in [0.5, 0.6) is 0 Å². The highest BCUT2D eigenvalue weighted by Gasteiger charge is 2.35. The zero-order valence-electron chi connectivity index (χ0n) is 13.1. The maximum atomic E-state index is 12.2. The van der Waals surface area contributed by atoms with Crippen LogP contribution in [0.1, 0.15) is 38.7 Å². The van der Waals surface area contributed by atoms with Crippen molar-refractivity contribution in [2.45, 2.75) is 51.2 Å². The smallest absolute Gasteiger partial charge is 0.423 e. The molecular formula is C16H22BNO4. The molecule has 1 aromatic rings. The number of nitrogens with one attached hydrogen (secondary N) is 1. The fourth-order valence-electron chi connectivity index (χ4n) is 3.10. The molecule has 6 heteroatoms. The summed E-state index contributed by atoms with van der Waals surface area (Å²) in [4.78, 5) is 12.2. The molecule has 0 spiro atoms. The molecule has 1 unspecified atom stereocenters. The van der Waals surface area contributed by atoms with Crippen LogP contribution < -0.4 is 10.8 Å². The molecule has 1 amide bonds. The van der Waals surface area contributed by atoms with Crippen molar-refractivity contribution in [1.29, 1.82) is 0 Å². The highest BCUT2D eigenvalue weighted by molar-refractivity contribution is 6.61. The van der Waals surface area contributed by atoms with E-state index in [1.807, 2.05) is 26.0 Å². The predicted octanol–water partition coefficient (Wildman–Crippen LogP) is 1.23. The Labute approximate surface area is 131 Å². The molecule has 3 rings (SSSR count). The summed E-state index contributed by atoms with van der Waals surface area (Å²) in [5, 5.41) is 13.0. The Morgan fingerprint density at radius 1 is 1.41 bits per heavy atom. The molecule has 1 aromatic carbocycles. The van der Waals surface area contributed by atoms with Crippen LogP contribution in [-0.2, 0) is 20.6 Å². The summed E-state index contributed by atoms with van der Waals surface area (Å²) < 4.78 is 11.1. The van der Waals surface area contributed by atoms with Crippen molar-refractivity contribution in [1.82, 2.24) is 0 Å². The third-order valence-electron chi connectivity index (χ3n) is 4.20. The highest BCUT2D eigenvalue weighted by atomic mass is 16.5. The van der Waals surface area contributed by atoms with Crippen molar-refractivity contribution in [3.8, 4) is 0 Å². The molecule has 1 saturated heterocycles. The van der Waals surface area contributed by atoms with Crippen LogP contribution in [-0.4, -0.2) is 36.4 Å². The molecule has 0 saturated carbocycles. The minimum Gasteiger partial charge on any atom is -0.423 e. The van der Waals surface area contributed by atoms with Crippen LogP contribution in [0, 0.1) is 0 Å². The minimum absolute atomic E-state index is 0.119. The molecule has 5 nitrogen and oxygen atoms in total. The zero-order chi connectivity index (χ0) is 15.7. The van der Waals surface area contributed by atoms with E-state index in [9.17, 15) is 9.82 Å². The fraction of sp³-hybridized carbons (Fsp3) is 0.562. The van der Waals surface area contributed by atoms with Gasteiger partial charge in [0, 0.05) is 12.3 Å². The molecule has 1 atom stereocenters. The van der Waals surface area contributed by atoms with Crippen LogP contribution in [0.25, 0.3) is 0 Å². The lowest BCUT2D eigenvalue weighted by Crippen LogP contribution is -2.50. The van der Waals surface area contributed by atoms with Gasteiger partial charge in [-0.2, -0.15) is 0 Å². The second-order valence-electron chi connectivity index (χ2n) is 6.66. The molecule has 22 heavy (non-hydrogen) atoms. The van der Waals surface area contributed by atoms with E-state index in [1.165, 1.54) is 0 Å². The number of hydrogen-bond donors (Lipinski definition) is 2. The van der Waals surface area contributed by atoms with E-state index in [-0.39, 0.29) is 17.6 Å². The molecule has 0 radical (unpaired) electrons. The Bertz CT molecular complexity index is 569. The van der Waals surface area contributed by atoms with Gasteiger partial charge in [-0.1, -0.05) is 6.07 Å². The first kappa shape index (κ1) is 15.5. The second kappa shape index (κ2) is 6.03. The van der Waals surface area contributed by atoms with Gasteiger partial charge in [-0.05, 0) is 62.7 Å². The lowest BCUT2D eigenvalue weighted by atomic mass is 9.70. The van der Waals surface area contributed by atoms with E-state index in [4.69, 9.17) is 9.39 Å². The summed E-state index contributed by atoms with van der Waals surface area (Å²) in [6.07, 6.45) is 3.16. The van der Waals surface area contributed by atoms with Crippen molar-refractivity contribution >= 4 is 24.2 Å². The van der Waals surface area contributed by atoms with Crippen molar-refractivity contribution in [2.24, 2.45) is 0 Å². The fourth-order valence-corrected chi connectivity index (χ4v) is 3.10. The monoisotopic (exact) mass is 303 g/mol. The van der Waals surface area contributed by atoms with Gasteiger partial charge in [-0.15, -0.1) is 0 Å². The molecule has 0 bridgehead atoms. The van der Waals surface area contributed by atoms with Gasteiger partial charge in [0.25, 0.3) is 5.91 Å². The van der Waals surface area contributed by atoms with Crippen LogP contribution in [0.3, 0.4) is 0 Å². The molecule has 2 N–H and O–H groups in total. The van der Waals surface area contributed by atoms with Crippen LogP contribution in [0.2, 0.25) is 0 Å². The van der Waals surface area contributed by atoms with E-state index >= 15 is 0 Å². The number of hydrogen-bond acceptors (Lipinski definition) is 4. The SMILES string of the molecule is CC1(C)Cc2ccc(NC(=O)C3CCCCO3)cc2B(O)O1. The molecule has 1 fully saturated rings. The molecule has 0 aromatic heterocycles. The van der Waals surface area contributed by atoms with E-state index < -0.39 is 7.12 Å². The number of carbonyl (C=O) groups excluding carboxylic acids is 1. The Morgan fingerprint density at radius 3 is 2.95 bits per heavy atom. The summed E-state index contributed by atoms with van der Waals surface area (Å²) in [6.45, 7) is 4.55. The zero-order valence-corrected chi connectivity index (χ0v) is 13.1. The van der Waals surface area contributed by atoms with Crippen molar-refractivity contribution in [3.63, 3.8) is 0 Å². The lowest BCUT2D eigenvalue weighted by molar-refractivity contribution is -0.129. The molecular weight excluding hydrogens is 281 g/mol. The predicted molar refractivity (Wildman–Crippen MR) is 85.1 cm³/mol. The first-order valence-electron chi connectivity index (χ1n) is 7.86. The largest absolute Gasteiger partial charge is 0.491 e. The van der Waals surface area contributed by atoms with Crippen LogP contribution in [0.15, 0.2) is 18.2 Å². The van der Waals surface area contributed by atoms with Gasteiger partial charge in [0.05, 0.1) is 5.60 Å². The molecule has 118 valence electrons. The Balaban J connectivity index is 1.73. The van der Waals surface area contributed by atoms with E-state index in [0.717, 1.165) is 36.7 Å². The van der Waals surface area contributed by atoms with Gasteiger partial charge in [0.15, 0.2) is 0 Å². The van der Waals surface area contributed by atoms with Crippen molar-refractivity contribution in [3.05, 3.63) is 23.8 Å². The third kappa shape index (κ3) is 3.34. The van der Waals surface area contributed by atoms with Gasteiger partial charge in [-0.25, -0.2) is 0 Å². The molecule has 2 heterocycles. The summed E-state index contributed by atoms with van der Waals surface area (Å²) in [5.41, 5.74) is 2.06. The first-order chi connectivity index (χ1) is 10.4. The molecule has 2 aliphatic rings.